The third-order valence-corrected chi connectivity index (χ3v) is 4.05. The summed E-state index contributed by atoms with van der Waals surface area (Å²) in [4.78, 5) is 2.50. The molecule has 0 bridgehead atoms. The van der Waals surface area contributed by atoms with Crippen molar-refractivity contribution < 1.29 is 4.74 Å². The van der Waals surface area contributed by atoms with E-state index in [1.165, 1.54) is 31.5 Å². The fourth-order valence-electron chi connectivity index (χ4n) is 2.76. The first-order chi connectivity index (χ1) is 10.9. The molecule has 0 atom stereocenters. The lowest BCUT2D eigenvalue weighted by Gasteiger charge is -2.12. The summed E-state index contributed by atoms with van der Waals surface area (Å²) < 4.78 is 7.56. The monoisotopic (exact) mass is 300 g/mol. The molecule has 2 aromatic rings. The van der Waals surface area contributed by atoms with Gasteiger partial charge in [-0.25, -0.2) is 4.68 Å². The molecule has 0 amide bonds. The molecule has 0 unspecified atom stereocenters. The molecule has 0 spiro atoms. The van der Waals surface area contributed by atoms with Crippen LogP contribution in [0.3, 0.4) is 0 Å². The number of benzene rings is 1. The van der Waals surface area contributed by atoms with E-state index >= 15 is 0 Å². The lowest BCUT2D eigenvalue weighted by Crippen LogP contribution is -2.22. The third-order valence-electron chi connectivity index (χ3n) is 4.05. The summed E-state index contributed by atoms with van der Waals surface area (Å²) in [7, 11) is 0. The number of hydrogen-bond donors (Lipinski definition) is 0. The van der Waals surface area contributed by atoms with Crippen LogP contribution in [0.15, 0.2) is 36.5 Å². The minimum atomic E-state index is 0.650. The molecule has 1 aliphatic heterocycles. The fraction of sp³-hybridized carbons (Fsp3) is 0.529. The van der Waals surface area contributed by atoms with E-state index in [9.17, 15) is 0 Å². The Bertz CT molecular complexity index is 549. The summed E-state index contributed by atoms with van der Waals surface area (Å²) in [6.07, 6.45) is 5.71. The van der Waals surface area contributed by atoms with Crippen molar-refractivity contribution in [1.29, 1.82) is 0 Å². The van der Waals surface area contributed by atoms with Crippen LogP contribution >= 0.6 is 0 Å². The van der Waals surface area contributed by atoms with Gasteiger partial charge in [-0.05, 0) is 31.5 Å². The minimum Gasteiger partial charge on any atom is -0.375 e. The zero-order valence-electron chi connectivity index (χ0n) is 13.0. The van der Waals surface area contributed by atoms with Gasteiger partial charge in [0.05, 0.1) is 25.5 Å². The highest BCUT2D eigenvalue weighted by atomic mass is 16.5. The maximum atomic E-state index is 5.68. The van der Waals surface area contributed by atoms with Crippen LogP contribution in [0.1, 0.15) is 24.1 Å². The van der Waals surface area contributed by atoms with Crippen LogP contribution in [-0.4, -0.2) is 46.1 Å². The standard InChI is InChI=1S/C17H24N4O/c1-2-6-16(7-3-1)15-22-13-12-21-14-17(18-19-21)8-11-20-9-4-5-10-20/h1-3,6-7,14H,4-5,8-13,15H2. The first-order valence-corrected chi connectivity index (χ1v) is 8.13. The Labute approximate surface area is 131 Å². The van der Waals surface area contributed by atoms with Gasteiger partial charge >= 0.3 is 0 Å². The Morgan fingerprint density at radius 2 is 1.86 bits per heavy atom. The Hall–Kier alpha value is -1.72. The van der Waals surface area contributed by atoms with E-state index in [1.807, 2.05) is 29.1 Å². The highest BCUT2D eigenvalue weighted by Crippen LogP contribution is 2.08. The van der Waals surface area contributed by atoms with Crippen molar-refractivity contribution in [3.05, 3.63) is 47.8 Å². The molecular weight excluding hydrogens is 276 g/mol. The molecule has 0 aliphatic carbocycles. The summed E-state index contributed by atoms with van der Waals surface area (Å²) in [5.74, 6) is 0. The smallest absolute Gasteiger partial charge is 0.0839 e. The van der Waals surface area contributed by atoms with E-state index in [1.54, 1.807) is 0 Å². The summed E-state index contributed by atoms with van der Waals surface area (Å²) in [5, 5.41) is 8.42. The molecule has 2 heterocycles. The molecule has 5 nitrogen and oxygen atoms in total. The lowest BCUT2D eigenvalue weighted by molar-refractivity contribution is 0.110. The SMILES string of the molecule is c1ccc(COCCn2cc(CCN3CCCC3)nn2)cc1. The lowest BCUT2D eigenvalue weighted by atomic mass is 10.2. The molecule has 1 fully saturated rings. The number of hydrogen-bond acceptors (Lipinski definition) is 4. The summed E-state index contributed by atoms with van der Waals surface area (Å²) in [5.41, 5.74) is 2.28. The van der Waals surface area contributed by atoms with E-state index < -0.39 is 0 Å². The molecule has 0 N–H and O–H groups in total. The second-order valence-corrected chi connectivity index (χ2v) is 5.81. The molecule has 1 aliphatic rings. The number of ether oxygens (including phenoxy) is 1. The maximum absolute atomic E-state index is 5.68. The average molecular weight is 300 g/mol. The molecule has 1 aromatic heterocycles. The fourth-order valence-corrected chi connectivity index (χ4v) is 2.76. The second-order valence-electron chi connectivity index (χ2n) is 5.81. The van der Waals surface area contributed by atoms with E-state index in [0.717, 1.165) is 25.2 Å². The van der Waals surface area contributed by atoms with Gasteiger partial charge in [-0.1, -0.05) is 35.5 Å². The summed E-state index contributed by atoms with van der Waals surface area (Å²) >= 11 is 0. The van der Waals surface area contributed by atoms with Crippen molar-refractivity contribution in [2.75, 3.05) is 26.2 Å². The Kier molecular flexibility index (Phi) is 5.56. The van der Waals surface area contributed by atoms with Crippen molar-refractivity contribution in [2.24, 2.45) is 0 Å². The summed E-state index contributed by atoms with van der Waals surface area (Å²) in [6, 6.07) is 10.2. The minimum absolute atomic E-state index is 0.650. The van der Waals surface area contributed by atoms with Crippen molar-refractivity contribution in [3.63, 3.8) is 0 Å². The van der Waals surface area contributed by atoms with Gasteiger partial charge in [0.15, 0.2) is 0 Å². The average Bonchev–Trinajstić information content (AvgIpc) is 3.22. The van der Waals surface area contributed by atoms with E-state index in [-0.39, 0.29) is 0 Å². The van der Waals surface area contributed by atoms with Crippen LogP contribution in [-0.2, 0) is 24.3 Å². The van der Waals surface area contributed by atoms with Crippen LogP contribution in [0.4, 0.5) is 0 Å². The van der Waals surface area contributed by atoms with Gasteiger partial charge in [0.2, 0.25) is 0 Å². The normalized spacial score (nSPS) is 15.5. The van der Waals surface area contributed by atoms with Crippen molar-refractivity contribution in [3.8, 4) is 0 Å². The Morgan fingerprint density at radius 1 is 1.05 bits per heavy atom. The van der Waals surface area contributed by atoms with Crippen molar-refractivity contribution in [1.82, 2.24) is 19.9 Å². The first-order valence-electron chi connectivity index (χ1n) is 8.13. The zero-order valence-corrected chi connectivity index (χ0v) is 13.0. The van der Waals surface area contributed by atoms with E-state index in [2.05, 4.69) is 27.3 Å². The zero-order chi connectivity index (χ0) is 15.0. The van der Waals surface area contributed by atoms with Gasteiger partial charge in [-0.15, -0.1) is 5.10 Å². The quantitative estimate of drug-likeness (QED) is 0.701. The number of rotatable bonds is 8. The van der Waals surface area contributed by atoms with Crippen LogP contribution in [0.25, 0.3) is 0 Å². The van der Waals surface area contributed by atoms with Gasteiger partial charge in [0.25, 0.3) is 0 Å². The predicted octanol–water partition coefficient (Wildman–Crippen LogP) is 2.13. The Balaban J connectivity index is 1.34. The topological polar surface area (TPSA) is 43.2 Å². The highest BCUT2D eigenvalue weighted by molar-refractivity contribution is 5.13. The number of aromatic nitrogens is 3. The molecule has 0 radical (unpaired) electrons. The van der Waals surface area contributed by atoms with Gasteiger partial charge in [-0.3, -0.25) is 0 Å². The van der Waals surface area contributed by atoms with E-state index in [4.69, 9.17) is 4.74 Å². The van der Waals surface area contributed by atoms with Gasteiger partial charge in [0.1, 0.15) is 0 Å². The van der Waals surface area contributed by atoms with Crippen LogP contribution in [0, 0.1) is 0 Å². The molecule has 1 saturated heterocycles. The molecule has 5 heteroatoms. The molecule has 0 saturated carbocycles. The molecule has 22 heavy (non-hydrogen) atoms. The summed E-state index contributed by atoms with van der Waals surface area (Å²) in [6.45, 7) is 5.64. The van der Waals surface area contributed by atoms with Crippen molar-refractivity contribution >= 4 is 0 Å². The van der Waals surface area contributed by atoms with Gasteiger partial charge < -0.3 is 9.64 Å². The predicted molar refractivity (Wildman–Crippen MR) is 85.5 cm³/mol. The molecule has 3 rings (SSSR count). The van der Waals surface area contributed by atoms with Crippen LogP contribution in [0.2, 0.25) is 0 Å². The Morgan fingerprint density at radius 3 is 2.68 bits per heavy atom. The molecule has 1 aromatic carbocycles. The van der Waals surface area contributed by atoms with Gasteiger partial charge in [-0.2, -0.15) is 0 Å². The second kappa shape index (κ2) is 8.06. The number of nitrogens with zero attached hydrogens (tertiary/aromatic N) is 4. The maximum Gasteiger partial charge on any atom is 0.0839 e. The van der Waals surface area contributed by atoms with Crippen LogP contribution in [0.5, 0.6) is 0 Å². The largest absolute Gasteiger partial charge is 0.375 e. The van der Waals surface area contributed by atoms with E-state index in [0.29, 0.717) is 13.2 Å². The number of likely N-dealkylation sites (tertiary alicyclic amines) is 1. The molecule has 118 valence electrons. The van der Waals surface area contributed by atoms with Crippen LogP contribution < -0.4 is 0 Å². The third kappa shape index (κ3) is 4.64. The first kappa shape index (κ1) is 15.2. The highest BCUT2D eigenvalue weighted by Gasteiger charge is 2.11. The molecular formula is C17H24N4O. The van der Waals surface area contributed by atoms with Gasteiger partial charge in [0, 0.05) is 19.2 Å². The van der Waals surface area contributed by atoms with Crippen molar-refractivity contribution in [2.45, 2.75) is 32.4 Å².